The Morgan fingerprint density at radius 1 is 1.27 bits per heavy atom. The maximum absolute atomic E-state index is 3.97. The number of hydrogen-bond acceptors (Lipinski definition) is 1. The van der Waals surface area contributed by atoms with Crippen LogP contribution in [-0.2, 0) is 0 Å². The van der Waals surface area contributed by atoms with Gasteiger partial charge in [0.15, 0.2) is 0 Å². The summed E-state index contributed by atoms with van der Waals surface area (Å²) in [5.41, 5.74) is 5.23. The second-order valence-electron chi connectivity index (χ2n) is 4.42. The van der Waals surface area contributed by atoms with E-state index in [1.54, 1.807) is 0 Å². The van der Waals surface area contributed by atoms with Crippen LogP contribution in [0.4, 0.5) is 0 Å². The third-order valence-corrected chi connectivity index (χ3v) is 2.55. The van der Waals surface area contributed by atoms with Crippen molar-refractivity contribution in [2.75, 3.05) is 7.05 Å². The molecular weight excluding hydrogens is 182 g/mol. The zero-order valence-corrected chi connectivity index (χ0v) is 10.2. The van der Waals surface area contributed by atoms with Gasteiger partial charge in [0.1, 0.15) is 0 Å². The Kier molecular flexibility index (Phi) is 4.10. The Hall–Kier alpha value is -1.08. The standard InChI is InChI=1S/C14H21N/c1-10(2)6-14(15-5)13-8-11(3)7-12(4)9-13/h7-9,14-15H,1,6H2,2-5H3. The molecule has 1 nitrogen and oxygen atoms in total. The fraction of sp³-hybridized carbons (Fsp3) is 0.429. The van der Waals surface area contributed by atoms with Crippen LogP contribution < -0.4 is 5.32 Å². The monoisotopic (exact) mass is 203 g/mol. The molecule has 1 heteroatoms. The maximum atomic E-state index is 3.97. The maximum Gasteiger partial charge on any atom is 0.0355 e. The van der Waals surface area contributed by atoms with E-state index in [9.17, 15) is 0 Å². The highest BCUT2D eigenvalue weighted by atomic mass is 14.9. The molecule has 0 aliphatic rings. The average molecular weight is 203 g/mol. The van der Waals surface area contributed by atoms with Gasteiger partial charge in [-0.15, -0.1) is 6.58 Å². The van der Waals surface area contributed by atoms with E-state index in [1.807, 2.05) is 7.05 Å². The van der Waals surface area contributed by atoms with Crippen LogP contribution >= 0.6 is 0 Å². The summed E-state index contributed by atoms with van der Waals surface area (Å²) in [5, 5.41) is 3.34. The molecule has 0 aromatic heterocycles. The third kappa shape index (κ3) is 3.52. The van der Waals surface area contributed by atoms with Gasteiger partial charge in [0.25, 0.3) is 0 Å². The smallest absolute Gasteiger partial charge is 0.0355 e. The summed E-state index contributed by atoms with van der Waals surface area (Å²) in [4.78, 5) is 0. The molecule has 0 saturated carbocycles. The highest BCUT2D eigenvalue weighted by Gasteiger charge is 2.09. The first-order valence-corrected chi connectivity index (χ1v) is 5.42. The molecule has 1 N–H and O–H groups in total. The molecule has 0 spiro atoms. The van der Waals surface area contributed by atoms with E-state index >= 15 is 0 Å². The Bertz CT molecular complexity index is 332. The van der Waals surface area contributed by atoms with Gasteiger partial charge in [0.2, 0.25) is 0 Å². The molecule has 1 rings (SSSR count). The second-order valence-corrected chi connectivity index (χ2v) is 4.42. The molecule has 1 aromatic rings. The van der Waals surface area contributed by atoms with E-state index in [4.69, 9.17) is 0 Å². The Balaban J connectivity index is 2.95. The quantitative estimate of drug-likeness (QED) is 0.738. The number of nitrogens with one attached hydrogen (secondary N) is 1. The predicted molar refractivity (Wildman–Crippen MR) is 67.1 cm³/mol. The average Bonchev–Trinajstić information content (AvgIpc) is 2.12. The molecule has 0 saturated heterocycles. The fourth-order valence-electron chi connectivity index (χ4n) is 1.95. The molecule has 1 atom stereocenters. The van der Waals surface area contributed by atoms with Gasteiger partial charge < -0.3 is 5.32 Å². The normalized spacial score (nSPS) is 12.5. The SMILES string of the molecule is C=C(C)CC(NC)c1cc(C)cc(C)c1. The van der Waals surface area contributed by atoms with Gasteiger partial charge >= 0.3 is 0 Å². The zero-order chi connectivity index (χ0) is 11.4. The van der Waals surface area contributed by atoms with Crippen LogP contribution in [0.25, 0.3) is 0 Å². The summed E-state index contributed by atoms with van der Waals surface area (Å²) in [5.74, 6) is 0. The molecular formula is C14H21N. The van der Waals surface area contributed by atoms with Crippen LogP contribution in [0.5, 0.6) is 0 Å². The zero-order valence-electron chi connectivity index (χ0n) is 10.2. The van der Waals surface area contributed by atoms with Crippen LogP contribution in [0.2, 0.25) is 0 Å². The second kappa shape index (κ2) is 5.13. The van der Waals surface area contributed by atoms with E-state index in [0.717, 1.165) is 6.42 Å². The molecule has 1 unspecified atom stereocenters. The van der Waals surface area contributed by atoms with Crippen molar-refractivity contribution in [2.24, 2.45) is 0 Å². The highest BCUT2D eigenvalue weighted by Crippen LogP contribution is 2.22. The lowest BCUT2D eigenvalue weighted by molar-refractivity contribution is 0.589. The first-order valence-electron chi connectivity index (χ1n) is 5.42. The van der Waals surface area contributed by atoms with Crippen molar-refractivity contribution < 1.29 is 0 Å². The van der Waals surface area contributed by atoms with Crippen LogP contribution in [0.15, 0.2) is 30.4 Å². The number of aryl methyl sites for hydroxylation is 2. The lowest BCUT2D eigenvalue weighted by atomic mass is 9.97. The fourth-order valence-corrected chi connectivity index (χ4v) is 1.95. The topological polar surface area (TPSA) is 12.0 Å². The van der Waals surface area contributed by atoms with E-state index < -0.39 is 0 Å². The first-order chi connectivity index (χ1) is 7.02. The van der Waals surface area contributed by atoms with Crippen LogP contribution in [0.1, 0.15) is 36.1 Å². The first kappa shape index (κ1) is 12.0. The van der Waals surface area contributed by atoms with Crippen molar-refractivity contribution >= 4 is 0 Å². The van der Waals surface area contributed by atoms with E-state index in [-0.39, 0.29) is 0 Å². The van der Waals surface area contributed by atoms with E-state index in [0.29, 0.717) is 6.04 Å². The molecule has 0 radical (unpaired) electrons. The largest absolute Gasteiger partial charge is 0.313 e. The van der Waals surface area contributed by atoms with Gasteiger partial charge in [-0.3, -0.25) is 0 Å². The minimum absolute atomic E-state index is 0.390. The lowest BCUT2D eigenvalue weighted by Crippen LogP contribution is -2.16. The molecule has 0 amide bonds. The van der Waals surface area contributed by atoms with Crippen molar-refractivity contribution in [1.29, 1.82) is 0 Å². The predicted octanol–water partition coefficient (Wildman–Crippen LogP) is 3.53. The van der Waals surface area contributed by atoms with E-state index in [2.05, 4.69) is 50.9 Å². The van der Waals surface area contributed by atoms with Crippen molar-refractivity contribution in [3.63, 3.8) is 0 Å². The van der Waals surface area contributed by atoms with Gasteiger partial charge in [-0.05, 0) is 39.8 Å². The molecule has 0 heterocycles. The molecule has 0 fully saturated rings. The summed E-state index contributed by atoms with van der Waals surface area (Å²) in [6, 6.07) is 7.09. The van der Waals surface area contributed by atoms with Crippen LogP contribution in [0, 0.1) is 13.8 Å². The summed E-state index contributed by atoms with van der Waals surface area (Å²) in [6.07, 6.45) is 0.999. The van der Waals surface area contributed by atoms with Gasteiger partial charge in [0.05, 0.1) is 0 Å². The van der Waals surface area contributed by atoms with Crippen molar-refractivity contribution in [3.05, 3.63) is 47.0 Å². The Morgan fingerprint density at radius 2 is 1.80 bits per heavy atom. The minimum atomic E-state index is 0.390. The van der Waals surface area contributed by atoms with Gasteiger partial charge in [-0.1, -0.05) is 34.9 Å². The van der Waals surface area contributed by atoms with Crippen LogP contribution in [0.3, 0.4) is 0 Å². The number of benzene rings is 1. The minimum Gasteiger partial charge on any atom is -0.313 e. The molecule has 82 valence electrons. The summed E-state index contributed by atoms with van der Waals surface area (Å²) >= 11 is 0. The van der Waals surface area contributed by atoms with Crippen molar-refractivity contribution in [1.82, 2.24) is 5.32 Å². The summed E-state index contributed by atoms with van der Waals surface area (Å²) in [7, 11) is 2.01. The summed E-state index contributed by atoms with van der Waals surface area (Å²) < 4.78 is 0. The van der Waals surface area contributed by atoms with E-state index in [1.165, 1.54) is 22.3 Å². The van der Waals surface area contributed by atoms with Crippen molar-refractivity contribution in [2.45, 2.75) is 33.2 Å². The lowest BCUT2D eigenvalue weighted by Gasteiger charge is -2.18. The molecule has 0 aliphatic heterocycles. The third-order valence-electron chi connectivity index (χ3n) is 2.55. The molecule has 15 heavy (non-hydrogen) atoms. The Labute approximate surface area is 93.2 Å². The van der Waals surface area contributed by atoms with Crippen molar-refractivity contribution in [3.8, 4) is 0 Å². The number of hydrogen-bond donors (Lipinski definition) is 1. The van der Waals surface area contributed by atoms with Crippen LogP contribution in [-0.4, -0.2) is 7.05 Å². The molecule has 0 aliphatic carbocycles. The van der Waals surface area contributed by atoms with Gasteiger partial charge in [0, 0.05) is 6.04 Å². The molecule has 0 bridgehead atoms. The molecule has 1 aromatic carbocycles. The van der Waals surface area contributed by atoms with Gasteiger partial charge in [-0.2, -0.15) is 0 Å². The number of rotatable bonds is 4. The van der Waals surface area contributed by atoms with Gasteiger partial charge in [-0.25, -0.2) is 0 Å². The summed E-state index contributed by atoms with van der Waals surface area (Å²) in [6.45, 7) is 10.3. The Morgan fingerprint density at radius 3 is 2.20 bits per heavy atom. The highest BCUT2D eigenvalue weighted by molar-refractivity contribution is 5.31.